The summed E-state index contributed by atoms with van der Waals surface area (Å²) in [6.07, 6.45) is 0. The quantitative estimate of drug-likeness (QED) is 0.457. The van der Waals surface area contributed by atoms with E-state index in [2.05, 4.69) is 16.3 Å². The van der Waals surface area contributed by atoms with Crippen molar-refractivity contribution in [2.45, 2.75) is 5.92 Å². The Morgan fingerprint density at radius 3 is 2.47 bits per heavy atom. The molecule has 0 amide bonds. The third-order valence-corrected chi connectivity index (χ3v) is 6.04. The van der Waals surface area contributed by atoms with E-state index in [1.165, 1.54) is 7.11 Å². The van der Waals surface area contributed by atoms with Crippen LogP contribution in [-0.2, 0) is 0 Å². The van der Waals surface area contributed by atoms with E-state index in [1.54, 1.807) is 20.3 Å². The number of nitrogens with zero attached hydrogens (tertiary/aromatic N) is 2. The van der Waals surface area contributed by atoms with Crippen molar-refractivity contribution < 1.29 is 18.9 Å². The number of nitrogens with two attached hydrogens (primary N) is 1. The molecule has 0 aliphatic carbocycles. The smallest absolute Gasteiger partial charge is 0.244 e. The van der Waals surface area contributed by atoms with Gasteiger partial charge in [0, 0.05) is 11.1 Å². The van der Waals surface area contributed by atoms with Crippen LogP contribution in [-0.4, -0.2) is 31.5 Å². The fourth-order valence-corrected chi connectivity index (χ4v) is 4.56. The van der Waals surface area contributed by atoms with Gasteiger partial charge in [-0.1, -0.05) is 48.5 Å². The van der Waals surface area contributed by atoms with E-state index in [0.29, 0.717) is 34.3 Å². The highest BCUT2D eigenvalue weighted by Crippen LogP contribution is 2.52. The topological polar surface area (TPSA) is 115 Å². The highest BCUT2D eigenvalue weighted by Gasteiger charge is 2.38. The van der Waals surface area contributed by atoms with Gasteiger partial charge in [-0.25, -0.2) is 0 Å². The summed E-state index contributed by atoms with van der Waals surface area (Å²) in [6.45, 7) is 0. The molecule has 1 atom stereocenters. The number of benzene rings is 3. The molecule has 170 valence electrons. The Labute approximate surface area is 196 Å². The number of nitriles is 1. The summed E-state index contributed by atoms with van der Waals surface area (Å²) < 4.78 is 22.6. The second-order valence-electron chi connectivity index (χ2n) is 7.69. The lowest BCUT2D eigenvalue weighted by Gasteiger charge is -2.26. The molecule has 0 saturated carbocycles. The molecular formula is C26H22N4O4. The molecule has 3 N–H and O–H groups in total. The molecule has 0 saturated heterocycles. The Hall–Kier alpha value is -4.64. The van der Waals surface area contributed by atoms with Crippen LogP contribution in [0.5, 0.6) is 23.1 Å². The molecule has 0 spiro atoms. The van der Waals surface area contributed by atoms with Crippen LogP contribution in [0.25, 0.3) is 22.0 Å². The van der Waals surface area contributed by atoms with Gasteiger partial charge < -0.3 is 24.7 Å². The zero-order valence-electron chi connectivity index (χ0n) is 18.9. The van der Waals surface area contributed by atoms with Crippen molar-refractivity contribution in [3.8, 4) is 40.5 Å². The first-order valence-electron chi connectivity index (χ1n) is 10.6. The Kier molecular flexibility index (Phi) is 5.22. The van der Waals surface area contributed by atoms with Crippen molar-refractivity contribution in [2.24, 2.45) is 5.73 Å². The number of aromatic nitrogens is 2. The van der Waals surface area contributed by atoms with Crippen molar-refractivity contribution in [2.75, 3.05) is 21.3 Å². The van der Waals surface area contributed by atoms with Gasteiger partial charge in [-0.15, -0.1) is 5.10 Å². The molecule has 8 nitrogen and oxygen atoms in total. The van der Waals surface area contributed by atoms with Crippen molar-refractivity contribution >= 4 is 10.8 Å². The van der Waals surface area contributed by atoms with Crippen molar-refractivity contribution in [1.29, 1.82) is 5.26 Å². The van der Waals surface area contributed by atoms with Gasteiger partial charge in [0.2, 0.25) is 17.5 Å². The predicted octanol–water partition coefficient (Wildman–Crippen LogP) is 4.47. The number of methoxy groups -OCH3 is 3. The Bertz CT molecular complexity index is 1480. The predicted molar refractivity (Wildman–Crippen MR) is 127 cm³/mol. The molecule has 0 bridgehead atoms. The van der Waals surface area contributed by atoms with Gasteiger partial charge in [0.05, 0.1) is 38.5 Å². The Morgan fingerprint density at radius 1 is 0.971 bits per heavy atom. The van der Waals surface area contributed by atoms with Crippen LogP contribution in [0.4, 0.5) is 0 Å². The fraction of sp³-hybridized carbons (Fsp3) is 0.154. The van der Waals surface area contributed by atoms with Gasteiger partial charge >= 0.3 is 0 Å². The number of fused-ring (bicyclic) bond motifs is 2. The number of hydrogen-bond acceptors (Lipinski definition) is 7. The monoisotopic (exact) mass is 454 g/mol. The van der Waals surface area contributed by atoms with Crippen LogP contribution in [0.2, 0.25) is 0 Å². The average molecular weight is 454 g/mol. The maximum absolute atomic E-state index is 10.1. The first kappa shape index (κ1) is 21.2. The van der Waals surface area contributed by atoms with Gasteiger partial charge in [-0.05, 0) is 16.8 Å². The first-order chi connectivity index (χ1) is 16.6. The van der Waals surface area contributed by atoms with E-state index in [0.717, 1.165) is 22.0 Å². The van der Waals surface area contributed by atoms with Gasteiger partial charge in [-0.3, -0.25) is 5.10 Å². The van der Waals surface area contributed by atoms with Gasteiger partial charge in [0.25, 0.3) is 0 Å². The van der Waals surface area contributed by atoms with Gasteiger partial charge in [0.1, 0.15) is 11.6 Å². The molecule has 5 rings (SSSR count). The molecule has 1 aliphatic rings. The Balaban J connectivity index is 1.82. The van der Waals surface area contributed by atoms with E-state index >= 15 is 0 Å². The maximum atomic E-state index is 10.1. The average Bonchev–Trinajstić information content (AvgIpc) is 3.29. The number of nitrogens with one attached hydrogen (secondary N) is 1. The molecule has 3 aromatic carbocycles. The molecule has 0 fully saturated rings. The standard InChI is InChI=1S/C26H22N4O4/c1-31-19-12-11-17(23(32-2)24(19)33-3)20-18(13-27)25(28)34-26-21(20)22(29-30-26)16-10-6-8-14-7-4-5-9-15(14)16/h4-12,20H,28H2,1-3H3,(H,29,30). The second kappa shape index (κ2) is 8.37. The lowest BCUT2D eigenvalue weighted by atomic mass is 9.82. The zero-order valence-corrected chi connectivity index (χ0v) is 18.9. The summed E-state index contributed by atoms with van der Waals surface area (Å²) in [4.78, 5) is 0. The molecule has 34 heavy (non-hydrogen) atoms. The largest absolute Gasteiger partial charge is 0.493 e. The summed E-state index contributed by atoms with van der Waals surface area (Å²) in [5, 5.41) is 19.7. The molecule has 4 aromatic rings. The molecule has 1 aliphatic heterocycles. The number of aromatic amines is 1. The van der Waals surface area contributed by atoms with Crippen LogP contribution < -0.4 is 24.7 Å². The number of H-pyrrole nitrogens is 1. The molecule has 0 radical (unpaired) electrons. The minimum atomic E-state index is -0.615. The van der Waals surface area contributed by atoms with E-state index in [4.69, 9.17) is 24.7 Å². The second-order valence-corrected chi connectivity index (χ2v) is 7.69. The van der Waals surface area contributed by atoms with Crippen LogP contribution in [0.15, 0.2) is 66.1 Å². The lowest BCUT2D eigenvalue weighted by Crippen LogP contribution is -2.21. The third kappa shape index (κ3) is 3.10. The third-order valence-electron chi connectivity index (χ3n) is 6.04. The maximum Gasteiger partial charge on any atom is 0.244 e. The highest BCUT2D eigenvalue weighted by molar-refractivity contribution is 5.97. The first-order valence-corrected chi connectivity index (χ1v) is 10.6. The van der Waals surface area contributed by atoms with Crippen molar-refractivity contribution in [3.63, 3.8) is 0 Å². The summed E-state index contributed by atoms with van der Waals surface area (Å²) in [5.74, 6) is 1.05. The molecule has 8 heteroatoms. The van der Waals surface area contributed by atoms with Crippen LogP contribution in [0, 0.1) is 11.3 Å². The van der Waals surface area contributed by atoms with Crippen LogP contribution in [0.3, 0.4) is 0 Å². The van der Waals surface area contributed by atoms with Crippen LogP contribution >= 0.6 is 0 Å². The molecule has 1 unspecified atom stereocenters. The van der Waals surface area contributed by atoms with Crippen molar-refractivity contribution in [1.82, 2.24) is 10.2 Å². The van der Waals surface area contributed by atoms with E-state index in [-0.39, 0.29) is 11.5 Å². The zero-order chi connectivity index (χ0) is 23.8. The van der Waals surface area contributed by atoms with E-state index < -0.39 is 5.92 Å². The van der Waals surface area contributed by atoms with E-state index in [1.807, 2.05) is 48.5 Å². The number of ether oxygens (including phenoxy) is 4. The van der Waals surface area contributed by atoms with Crippen molar-refractivity contribution in [3.05, 3.63) is 77.2 Å². The summed E-state index contributed by atoms with van der Waals surface area (Å²) >= 11 is 0. The minimum Gasteiger partial charge on any atom is -0.493 e. The summed E-state index contributed by atoms with van der Waals surface area (Å²) in [6, 6.07) is 19.9. The Morgan fingerprint density at radius 2 is 1.74 bits per heavy atom. The van der Waals surface area contributed by atoms with E-state index in [9.17, 15) is 5.26 Å². The summed E-state index contributed by atoms with van der Waals surface area (Å²) in [7, 11) is 4.63. The number of hydrogen-bond donors (Lipinski definition) is 2. The molecular weight excluding hydrogens is 432 g/mol. The fourth-order valence-electron chi connectivity index (χ4n) is 4.56. The summed E-state index contributed by atoms with van der Waals surface area (Å²) in [5.41, 5.74) is 9.44. The van der Waals surface area contributed by atoms with Crippen LogP contribution in [0.1, 0.15) is 17.0 Å². The molecule has 1 aromatic heterocycles. The number of rotatable bonds is 5. The lowest BCUT2D eigenvalue weighted by molar-refractivity contribution is 0.321. The van der Waals surface area contributed by atoms with Gasteiger partial charge in [0.15, 0.2) is 11.5 Å². The molecule has 2 heterocycles. The van der Waals surface area contributed by atoms with Gasteiger partial charge in [-0.2, -0.15) is 5.26 Å². The number of allylic oxidation sites excluding steroid dienone is 1. The highest BCUT2D eigenvalue weighted by atomic mass is 16.5. The SMILES string of the molecule is COc1ccc(C2C(C#N)=C(N)Oc3n[nH]c(-c4cccc5ccccc45)c32)c(OC)c1OC. The minimum absolute atomic E-state index is 0.00666. The normalized spacial score (nSPS) is 14.8.